The highest BCUT2D eigenvalue weighted by Crippen LogP contribution is 2.34. The molecule has 1 N–H and O–H groups in total. The van der Waals surface area contributed by atoms with Gasteiger partial charge in [-0.2, -0.15) is 0 Å². The van der Waals surface area contributed by atoms with Crippen LogP contribution in [0.5, 0.6) is 11.5 Å². The second-order valence-corrected chi connectivity index (χ2v) is 5.80. The van der Waals surface area contributed by atoms with E-state index < -0.39 is 6.10 Å². The molecule has 1 aliphatic heterocycles. The number of hydrogen-bond donors (Lipinski definition) is 1. The Balaban J connectivity index is 1.96. The molecule has 112 valence electrons. The van der Waals surface area contributed by atoms with Crippen molar-refractivity contribution in [3.8, 4) is 11.5 Å². The summed E-state index contributed by atoms with van der Waals surface area (Å²) >= 11 is 0. The molecule has 0 aromatic heterocycles. The van der Waals surface area contributed by atoms with Crippen molar-refractivity contribution in [3.63, 3.8) is 0 Å². The monoisotopic (exact) mass is 278 g/mol. The third-order valence-corrected chi connectivity index (χ3v) is 3.73. The van der Waals surface area contributed by atoms with E-state index in [0.29, 0.717) is 19.1 Å². The number of aliphatic hydroxyl groups excluding tert-OH is 1. The Morgan fingerprint density at radius 2 is 1.90 bits per heavy atom. The van der Waals surface area contributed by atoms with E-state index in [2.05, 4.69) is 13.8 Å². The lowest BCUT2D eigenvalue weighted by Gasteiger charge is -2.14. The second kappa shape index (κ2) is 7.53. The summed E-state index contributed by atoms with van der Waals surface area (Å²) in [7, 11) is 0. The van der Waals surface area contributed by atoms with Crippen molar-refractivity contribution in [1.82, 2.24) is 0 Å². The van der Waals surface area contributed by atoms with E-state index in [0.717, 1.165) is 29.9 Å². The molecular formula is C17H26O3. The van der Waals surface area contributed by atoms with Gasteiger partial charge in [0.15, 0.2) is 11.5 Å². The van der Waals surface area contributed by atoms with Gasteiger partial charge in [-0.15, -0.1) is 0 Å². The van der Waals surface area contributed by atoms with Crippen LogP contribution in [0.4, 0.5) is 0 Å². The van der Waals surface area contributed by atoms with Crippen LogP contribution >= 0.6 is 0 Å². The van der Waals surface area contributed by atoms with Crippen molar-refractivity contribution >= 4 is 0 Å². The van der Waals surface area contributed by atoms with E-state index in [-0.39, 0.29) is 0 Å². The first kappa shape index (κ1) is 15.2. The van der Waals surface area contributed by atoms with Crippen molar-refractivity contribution in [2.45, 2.75) is 52.1 Å². The molecular weight excluding hydrogens is 252 g/mol. The number of fused-ring (bicyclic) bond motifs is 1. The predicted octanol–water partition coefficient (Wildman–Crippen LogP) is 4.10. The van der Waals surface area contributed by atoms with Gasteiger partial charge in [0.05, 0.1) is 19.3 Å². The molecule has 2 unspecified atom stereocenters. The maximum absolute atomic E-state index is 10.2. The Morgan fingerprint density at radius 1 is 1.15 bits per heavy atom. The van der Waals surface area contributed by atoms with Gasteiger partial charge in [0.25, 0.3) is 0 Å². The molecule has 0 radical (unpaired) electrons. The molecule has 0 spiro atoms. The highest BCUT2D eigenvalue weighted by Gasteiger charge is 2.17. The van der Waals surface area contributed by atoms with Gasteiger partial charge in [0.1, 0.15) is 0 Å². The van der Waals surface area contributed by atoms with E-state index in [1.165, 1.54) is 19.3 Å². The maximum atomic E-state index is 10.2. The summed E-state index contributed by atoms with van der Waals surface area (Å²) in [5.74, 6) is 1.94. The van der Waals surface area contributed by atoms with Crippen LogP contribution in [-0.4, -0.2) is 18.3 Å². The summed E-state index contributed by atoms with van der Waals surface area (Å²) in [4.78, 5) is 0. The molecule has 0 amide bonds. The lowest BCUT2D eigenvalue weighted by atomic mass is 10.0. The van der Waals surface area contributed by atoms with Crippen molar-refractivity contribution < 1.29 is 14.6 Å². The standard InChI is InChI=1S/C17H26O3/c1-3-4-5-6-7-15(18)14-8-9-16-17(10-14)20-12-13(2)11-19-16/h8-10,13,15,18H,3-7,11-12H2,1-2H3. The molecule has 3 heteroatoms. The second-order valence-electron chi connectivity index (χ2n) is 5.80. The molecule has 1 heterocycles. The minimum atomic E-state index is -0.401. The quantitative estimate of drug-likeness (QED) is 0.796. The normalized spacial score (nSPS) is 19.4. The zero-order valence-corrected chi connectivity index (χ0v) is 12.6. The Kier molecular flexibility index (Phi) is 5.72. The molecule has 20 heavy (non-hydrogen) atoms. The minimum Gasteiger partial charge on any atom is -0.489 e. The van der Waals surface area contributed by atoms with Gasteiger partial charge in [-0.3, -0.25) is 0 Å². The molecule has 3 nitrogen and oxygen atoms in total. The van der Waals surface area contributed by atoms with Gasteiger partial charge in [-0.25, -0.2) is 0 Å². The number of aliphatic hydroxyl groups is 1. The van der Waals surface area contributed by atoms with Crippen molar-refractivity contribution in [2.75, 3.05) is 13.2 Å². The van der Waals surface area contributed by atoms with Crippen molar-refractivity contribution in [1.29, 1.82) is 0 Å². The van der Waals surface area contributed by atoms with Gasteiger partial charge in [-0.05, 0) is 24.1 Å². The largest absolute Gasteiger partial charge is 0.489 e. The molecule has 0 bridgehead atoms. The fraction of sp³-hybridized carbons (Fsp3) is 0.647. The number of benzene rings is 1. The van der Waals surface area contributed by atoms with Crippen LogP contribution in [0.3, 0.4) is 0 Å². The van der Waals surface area contributed by atoms with Crippen LogP contribution < -0.4 is 9.47 Å². The third kappa shape index (κ3) is 4.14. The smallest absolute Gasteiger partial charge is 0.161 e. The first-order valence-electron chi connectivity index (χ1n) is 7.78. The van der Waals surface area contributed by atoms with Crippen LogP contribution in [0.1, 0.15) is 57.6 Å². The molecule has 1 aromatic rings. The summed E-state index contributed by atoms with van der Waals surface area (Å²) in [5, 5.41) is 10.2. The van der Waals surface area contributed by atoms with E-state index >= 15 is 0 Å². The Labute approximate surface area is 121 Å². The van der Waals surface area contributed by atoms with Crippen molar-refractivity contribution in [3.05, 3.63) is 23.8 Å². The van der Waals surface area contributed by atoms with Gasteiger partial charge in [0.2, 0.25) is 0 Å². The van der Waals surface area contributed by atoms with Crippen LogP contribution in [-0.2, 0) is 0 Å². The highest BCUT2D eigenvalue weighted by molar-refractivity contribution is 5.44. The van der Waals surface area contributed by atoms with E-state index in [9.17, 15) is 5.11 Å². The van der Waals surface area contributed by atoms with E-state index in [1.54, 1.807) is 0 Å². The number of rotatable bonds is 6. The summed E-state index contributed by atoms with van der Waals surface area (Å²) in [6.07, 6.45) is 5.14. The molecule has 1 aliphatic rings. The van der Waals surface area contributed by atoms with E-state index in [1.807, 2.05) is 18.2 Å². The lowest BCUT2D eigenvalue weighted by Crippen LogP contribution is -2.12. The third-order valence-electron chi connectivity index (χ3n) is 3.73. The van der Waals surface area contributed by atoms with Crippen LogP contribution in [0.15, 0.2) is 18.2 Å². The minimum absolute atomic E-state index is 0.393. The zero-order chi connectivity index (χ0) is 14.4. The lowest BCUT2D eigenvalue weighted by molar-refractivity contribution is 0.162. The van der Waals surface area contributed by atoms with Gasteiger partial charge < -0.3 is 14.6 Å². The molecule has 1 aromatic carbocycles. The first-order valence-corrected chi connectivity index (χ1v) is 7.78. The van der Waals surface area contributed by atoms with Crippen molar-refractivity contribution in [2.24, 2.45) is 5.92 Å². The Bertz CT molecular complexity index is 417. The molecule has 2 atom stereocenters. The molecule has 0 saturated heterocycles. The van der Waals surface area contributed by atoms with E-state index in [4.69, 9.17) is 9.47 Å². The molecule has 0 aliphatic carbocycles. The zero-order valence-electron chi connectivity index (χ0n) is 12.6. The Morgan fingerprint density at radius 3 is 2.65 bits per heavy atom. The SMILES string of the molecule is CCCCCCC(O)c1ccc2c(c1)OCC(C)CO2. The van der Waals surface area contributed by atoms with Crippen LogP contribution in [0, 0.1) is 5.92 Å². The maximum Gasteiger partial charge on any atom is 0.161 e. The summed E-state index contributed by atoms with van der Waals surface area (Å²) in [5.41, 5.74) is 0.929. The average Bonchev–Trinajstić information content (AvgIpc) is 2.65. The Hall–Kier alpha value is -1.22. The van der Waals surface area contributed by atoms with Gasteiger partial charge in [-0.1, -0.05) is 45.6 Å². The molecule has 0 saturated carbocycles. The fourth-order valence-corrected chi connectivity index (χ4v) is 2.41. The highest BCUT2D eigenvalue weighted by atomic mass is 16.5. The first-order chi connectivity index (χ1) is 9.70. The topological polar surface area (TPSA) is 38.7 Å². The summed E-state index contributed by atoms with van der Waals surface area (Å²) < 4.78 is 11.5. The number of hydrogen-bond acceptors (Lipinski definition) is 3. The molecule has 2 rings (SSSR count). The fourth-order valence-electron chi connectivity index (χ4n) is 2.41. The predicted molar refractivity (Wildman–Crippen MR) is 80.3 cm³/mol. The van der Waals surface area contributed by atoms with Crippen LogP contribution in [0.2, 0.25) is 0 Å². The van der Waals surface area contributed by atoms with Gasteiger partial charge >= 0.3 is 0 Å². The number of ether oxygens (including phenoxy) is 2. The number of unbranched alkanes of at least 4 members (excludes halogenated alkanes) is 3. The summed E-state index contributed by atoms with van der Waals surface area (Å²) in [6, 6.07) is 5.79. The average molecular weight is 278 g/mol. The van der Waals surface area contributed by atoms with Gasteiger partial charge in [0, 0.05) is 5.92 Å². The molecule has 0 fully saturated rings. The summed E-state index contributed by atoms with van der Waals surface area (Å²) in [6.45, 7) is 5.66. The van der Waals surface area contributed by atoms with Crippen LogP contribution in [0.25, 0.3) is 0 Å².